The van der Waals surface area contributed by atoms with E-state index in [1.54, 1.807) is 17.0 Å². The quantitative estimate of drug-likeness (QED) is 0.622. The number of carbonyl (C=O) groups excluding carboxylic acids is 2. The summed E-state index contributed by atoms with van der Waals surface area (Å²) in [6.07, 6.45) is 4.53. The third kappa shape index (κ3) is 2.98. The Bertz CT molecular complexity index is 458. The van der Waals surface area contributed by atoms with Crippen molar-refractivity contribution in [3.8, 4) is 0 Å². The molecule has 0 saturated carbocycles. The molecular weight excluding hydrogens is 254 g/mol. The lowest BCUT2D eigenvalue weighted by atomic mass is 10.1. The highest BCUT2D eigenvalue weighted by Crippen LogP contribution is 2.17. The molecule has 0 radical (unpaired) electrons. The monoisotopic (exact) mass is 267 g/mol. The first-order valence-corrected chi connectivity index (χ1v) is 6.27. The average molecular weight is 268 g/mol. The normalized spacial score (nSPS) is 15.3. The largest absolute Gasteiger partial charge is 0.334 e. The van der Waals surface area contributed by atoms with Crippen LogP contribution >= 0.6 is 11.6 Å². The van der Waals surface area contributed by atoms with Crippen LogP contribution in [0, 0.1) is 0 Å². The van der Waals surface area contributed by atoms with Crippen LogP contribution in [-0.2, 0) is 9.59 Å². The van der Waals surface area contributed by atoms with E-state index in [1.807, 2.05) is 0 Å². The number of nitrogens with zero attached hydrogens (tertiary/aromatic N) is 2. The molecule has 2 amide bonds. The van der Waals surface area contributed by atoms with Crippen molar-refractivity contribution in [2.24, 2.45) is 0 Å². The van der Waals surface area contributed by atoms with E-state index in [2.05, 4.69) is 10.3 Å². The second-order valence-electron chi connectivity index (χ2n) is 4.15. The molecule has 2 heterocycles. The molecule has 1 saturated heterocycles. The topological polar surface area (TPSA) is 62.3 Å². The predicted molar refractivity (Wildman–Crippen MR) is 68.3 cm³/mol. The van der Waals surface area contributed by atoms with Gasteiger partial charge < -0.3 is 10.2 Å². The Morgan fingerprint density at radius 3 is 2.67 bits per heavy atom. The minimum absolute atomic E-state index is 0.178. The lowest BCUT2D eigenvalue weighted by molar-refractivity contribution is -0.143. The van der Waals surface area contributed by atoms with Crippen molar-refractivity contribution in [1.29, 1.82) is 0 Å². The Kier molecular flexibility index (Phi) is 4.15. The van der Waals surface area contributed by atoms with Gasteiger partial charge in [0.25, 0.3) is 0 Å². The van der Waals surface area contributed by atoms with E-state index >= 15 is 0 Å². The van der Waals surface area contributed by atoms with Crippen LogP contribution in [0.25, 0.3) is 0 Å². The minimum Gasteiger partial charge on any atom is -0.334 e. The van der Waals surface area contributed by atoms with Gasteiger partial charge in [0.2, 0.25) is 0 Å². The van der Waals surface area contributed by atoms with E-state index in [-0.39, 0.29) is 5.15 Å². The van der Waals surface area contributed by atoms with Gasteiger partial charge in [-0.05, 0) is 31.4 Å². The van der Waals surface area contributed by atoms with Crippen molar-refractivity contribution >= 4 is 29.1 Å². The first-order chi connectivity index (χ1) is 8.68. The molecule has 96 valence electrons. The standard InChI is InChI=1S/C12H14ClN3O2/c13-10-9(5-4-6-14-10)15-11(17)12(18)16-7-2-1-3-8-16/h4-6H,1-3,7-8H2,(H,15,17). The number of nitrogens with one attached hydrogen (secondary N) is 1. The molecule has 2 rings (SSSR count). The van der Waals surface area contributed by atoms with Gasteiger partial charge in [-0.1, -0.05) is 11.6 Å². The summed E-state index contributed by atoms with van der Waals surface area (Å²) >= 11 is 5.81. The van der Waals surface area contributed by atoms with Crippen LogP contribution < -0.4 is 5.32 Å². The van der Waals surface area contributed by atoms with Crippen LogP contribution in [0.1, 0.15) is 19.3 Å². The predicted octanol–water partition coefficient (Wildman–Crippen LogP) is 1.69. The number of hydrogen-bond donors (Lipinski definition) is 1. The summed E-state index contributed by atoms with van der Waals surface area (Å²) in [4.78, 5) is 29.0. The molecule has 5 nitrogen and oxygen atoms in total. The van der Waals surface area contributed by atoms with Crippen LogP contribution in [0.3, 0.4) is 0 Å². The van der Waals surface area contributed by atoms with Gasteiger partial charge in [-0.15, -0.1) is 0 Å². The average Bonchev–Trinajstić information content (AvgIpc) is 2.41. The second-order valence-corrected chi connectivity index (χ2v) is 4.51. The van der Waals surface area contributed by atoms with Crippen molar-refractivity contribution in [1.82, 2.24) is 9.88 Å². The number of likely N-dealkylation sites (tertiary alicyclic amines) is 1. The molecule has 0 aromatic carbocycles. The maximum Gasteiger partial charge on any atom is 0.313 e. The van der Waals surface area contributed by atoms with Crippen molar-refractivity contribution < 1.29 is 9.59 Å². The molecule has 0 aliphatic carbocycles. The number of carbonyl (C=O) groups is 2. The maximum absolute atomic E-state index is 11.9. The first kappa shape index (κ1) is 12.8. The zero-order valence-corrected chi connectivity index (χ0v) is 10.6. The van der Waals surface area contributed by atoms with Crippen LogP contribution in [0.5, 0.6) is 0 Å². The molecule has 18 heavy (non-hydrogen) atoms. The van der Waals surface area contributed by atoms with Gasteiger partial charge in [-0.2, -0.15) is 0 Å². The second kappa shape index (κ2) is 5.82. The molecule has 0 unspecified atom stereocenters. The Balaban J connectivity index is 1.99. The molecular formula is C12H14ClN3O2. The minimum atomic E-state index is -0.660. The highest BCUT2D eigenvalue weighted by Gasteiger charge is 2.23. The van der Waals surface area contributed by atoms with E-state index in [4.69, 9.17) is 11.6 Å². The van der Waals surface area contributed by atoms with Crippen molar-refractivity contribution in [3.05, 3.63) is 23.5 Å². The summed E-state index contributed by atoms with van der Waals surface area (Å²) in [7, 11) is 0. The molecule has 0 atom stereocenters. The lowest BCUT2D eigenvalue weighted by Crippen LogP contribution is -2.42. The molecule has 1 N–H and O–H groups in total. The van der Waals surface area contributed by atoms with Crippen molar-refractivity contribution in [2.75, 3.05) is 18.4 Å². The Morgan fingerprint density at radius 2 is 2.00 bits per heavy atom. The highest BCUT2D eigenvalue weighted by molar-refractivity contribution is 6.41. The van der Waals surface area contributed by atoms with Crippen LogP contribution in [-0.4, -0.2) is 34.8 Å². The number of rotatable bonds is 1. The van der Waals surface area contributed by atoms with Crippen LogP contribution in [0.15, 0.2) is 18.3 Å². The maximum atomic E-state index is 11.9. The fourth-order valence-corrected chi connectivity index (χ4v) is 2.06. The van der Waals surface area contributed by atoms with E-state index in [1.165, 1.54) is 6.20 Å². The number of anilines is 1. The fraction of sp³-hybridized carbons (Fsp3) is 0.417. The van der Waals surface area contributed by atoms with E-state index in [0.717, 1.165) is 19.3 Å². The fourth-order valence-electron chi connectivity index (χ4n) is 1.90. The van der Waals surface area contributed by atoms with Crippen molar-refractivity contribution in [3.63, 3.8) is 0 Å². The van der Waals surface area contributed by atoms with Crippen LogP contribution in [0.4, 0.5) is 5.69 Å². The van der Waals surface area contributed by atoms with Crippen LogP contribution in [0.2, 0.25) is 5.15 Å². The Morgan fingerprint density at radius 1 is 1.28 bits per heavy atom. The molecule has 1 aromatic heterocycles. The first-order valence-electron chi connectivity index (χ1n) is 5.89. The van der Waals surface area contributed by atoms with Gasteiger partial charge >= 0.3 is 11.8 Å². The number of amides is 2. The van der Waals surface area contributed by atoms with Gasteiger partial charge in [0.1, 0.15) is 0 Å². The number of hydrogen-bond acceptors (Lipinski definition) is 3. The molecule has 0 spiro atoms. The summed E-state index contributed by atoms with van der Waals surface area (Å²) < 4.78 is 0. The zero-order valence-electron chi connectivity index (χ0n) is 9.86. The van der Waals surface area contributed by atoms with Gasteiger partial charge in [-0.3, -0.25) is 9.59 Å². The van der Waals surface area contributed by atoms with E-state index in [9.17, 15) is 9.59 Å². The third-order valence-corrected chi connectivity index (χ3v) is 3.15. The third-order valence-electron chi connectivity index (χ3n) is 2.84. The van der Waals surface area contributed by atoms with Gasteiger partial charge in [0.15, 0.2) is 5.15 Å². The van der Waals surface area contributed by atoms with E-state index in [0.29, 0.717) is 18.8 Å². The summed E-state index contributed by atoms with van der Waals surface area (Å²) in [6.45, 7) is 1.29. The SMILES string of the molecule is O=C(Nc1cccnc1Cl)C(=O)N1CCCCC1. The zero-order chi connectivity index (χ0) is 13.0. The summed E-state index contributed by atoms with van der Waals surface area (Å²) in [5.41, 5.74) is 0.356. The number of aromatic nitrogens is 1. The Hall–Kier alpha value is -1.62. The number of pyridine rings is 1. The van der Waals surface area contributed by atoms with Crippen molar-refractivity contribution in [2.45, 2.75) is 19.3 Å². The highest BCUT2D eigenvalue weighted by atomic mass is 35.5. The molecule has 1 aliphatic rings. The van der Waals surface area contributed by atoms with Gasteiger partial charge in [-0.25, -0.2) is 4.98 Å². The summed E-state index contributed by atoms with van der Waals surface area (Å²) in [6, 6.07) is 3.25. The summed E-state index contributed by atoms with van der Waals surface area (Å²) in [5, 5.41) is 2.66. The molecule has 1 aliphatic heterocycles. The number of halogens is 1. The molecule has 1 fully saturated rings. The van der Waals surface area contributed by atoms with Gasteiger partial charge in [0, 0.05) is 19.3 Å². The molecule has 1 aromatic rings. The lowest BCUT2D eigenvalue weighted by Gasteiger charge is -2.25. The summed E-state index contributed by atoms with van der Waals surface area (Å²) in [5.74, 6) is -1.17. The van der Waals surface area contributed by atoms with Gasteiger partial charge in [0.05, 0.1) is 5.69 Å². The smallest absolute Gasteiger partial charge is 0.313 e. The Labute approximate surface area is 110 Å². The number of piperidine rings is 1. The molecule has 0 bridgehead atoms. The molecule has 6 heteroatoms. The van der Waals surface area contributed by atoms with E-state index < -0.39 is 11.8 Å².